The van der Waals surface area contributed by atoms with Crippen molar-refractivity contribution in [2.24, 2.45) is 17.8 Å². The molecule has 0 radical (unpaired) electrons. The van der Waals surface area contributed by atoms with Gasteiger partial charge in [-0.1, -0.05) is 74.2 Å². The summed E-state index contributed by atoms with van der Waals surface area (Å²) in [5, 5.41) is 6.51. The maximum Gasteiger partial charge on any atom is 0.266 e. The number of carbonyl (C=O) groups excluding carboxylic acids is 2. The normalized spacial score (nSPS) is 23.6. The molecule has 2 aliphatic rings. The molecule has 41 heavy (non-hydrogen) atoms. The Morgan fingerprint density at radius 1 is 0.976 bits per heavy atom. The number of para-hydroxylation sites is 1. The Kier molecular flexibility index (Phi) is 10.8. The van der Waals surface area contributed by atoms with Crippen molar-refractivity contribution in [1.29, 1.82) is 0 Å². The molecule has 0 spiro atoms. The Labute approximate surface area is 253 Å². The lowest BCUT2D eigenvalue weighted by Gasteiger charge is -2.27. The Bertz CT molecular complexity index is 1370. The summed E-state index contributed by atoms with van der Waals surface area (Å²) in [6.07, 6.45) is 9.74. The highest BCUT2D eigenvalue weighted by Crippen LogP contribution is 2.34. The minimum absolute atomic E-state index is 0.00359. The minimum Gasteiger partial charge on any atom is -0.354 e. The van der Waals surface area contributed by atoms with E-state index in [-0.39, 0.29) is 50.8 Å². The van der Waals surface area contributed by atoms with Gasteiger partial charge >= 0.3 is 0 Å². The number of anilines is 1. The van der Waals surface area contributed by atoms with Crippen LogP contribution in [0.25, 0.3) is 0 Å². The summed E-state index contributed by atoms with van der Waals surface area (Å²) in [6, 6.07) is 10.7. The zero-order chi connectivity index (χ0) is 29.6. The highest BCUT2D eigenvalue weighted by atomic mass is 35.5. The number of amides is 2. The molecule has 2 unspecified atom stereocenters. The van der Waals surface area contributed by atoms with Crippen molar-refractivity contribution in [2.75, 3.05) is 17.4 Å². The number of halogens is 2. The molecule has 2 bridgehead atoms. The van der Waals surface area contributed by atoms with E-state index < -0.39 is 15.9 Å². The zero-order valence-electron chi connectivity index (χ0n) is 23.6. The molecule has 2 amide bonds. The van der Waals surface area contributed by atoms with Gasteiger partial charge in [-0.05, 0) is 74.3 Å². The van der Waals surface area contributed by atoms with E-state index in [1.165, 1.54) is 22.5 Å². The summed E-state index contributed by atoms with van der Waals surface area (Å²) in [5.41, 5.74) is 0.486. The van der Waals surface area contributed by atoms with Crippen LogP contribution in [-0.4, -0.2) is 39.4 Å². The van der Waals surface area contributed by atoms with Crippen LogP contribution in [-0.2, 0) is 14.8 Å². The second-order valence-corrected chi connectivity index (χ2v) is 14.0. The minimum atomic E-state index is -4.21. The molecule has 1 aliphatic carbocycles. The van der Waals surface area contributed by atoms with Crippen LogP contribution in [0, 0.1) is 17.8 Å². The first-order valence-corrected chi connectivity index (χ1v) is 16.6. The number of hydrogen-bond donors (Lipinski definition) is 2. The molecule has 7 nitrogen and oxygen atoms in total. The number of nitrogens with one attached hydrogen (secondary N) is 2. The lowest BCUT2D eigenvalue weighted by molar-refractivity contribution is -0.125. The molecule has 1 fully saturated rings. The fourth-order valence-electron chi connectivity index (χ4n) is 5.75. The standard InChI is InChI=1S/C31H39Cl2N3O4S/c1-21(2)18-23-12-4-3-9-17-36(28-14-8-7-13-25(28)32)41(39,40)29-19-24(15-16-26(29)33)31(38)35-27(20-34-30(23)37)22-10-5-6-11-22/h3,7-9,13-16,19,21-23,27H,4-6,10-12,17-18,20H2,1-2H3,(H,34,37)(H,35,38)/b9-3+. The van der Waals surface area contributed by atoms with Crippen LogP contribution in [0.15, 0.2) is 59.5 Å². The number of allylic oxidation sites excluding steroid dienone is 1. The van der Waals surface area contributed by atoms with E-state index in [1.807, 2.05) is 6.08 Å². The summed E-state index contributed by atoms with van der Waals surface area (Å²) in [6.45, 7) is 4.53. The van der Waals surface area contributed by atoms with E-state index in [0.717, 1.165) is 32.1 Å². The lowest BCUT2D eigenvalue weighted by atomic mass is 9.91. The summed E-state index contributed by atoms with van der Waals surface area (Å²) < 4.78 is 29.4. The molecule has 2 N–H and O–H groups in total. The number of sulfonamides is 1. The van der Waals surface area contributed by atoms with Crippen LogP contribution >= 0.6 is 23.2 Å². The van der Waals surface area contributed by atoms with Crippen LogP contribution in [0.4, 0.5) is 5.69 Å². The Morgan fingerprint density at radius 2 is 1.71 bits per heavy atom. The number of nitrogens with zero attached hydrogens (tertiary/aromatic N) is 1. The third kappa shape index (κ3) is 7.85. The van der Waals surface area contributed by atoms with Gasteiger partial charge in [0.25, 0.3) is 15.9 Å². The molecular weight excluding hydrogens is 581 g/mol. The van der Waals surface area contributed by atoms with Crippen molar-refractivity contribution in [1.82, 2.24) is 10.6 Å². The molecule has 2 aromatic rings. The number of carbonyl (C=O) groups is 2. The van der Waals surface area contributed by atoms with Crippen LogP contribution in [0.2, 0.25) is 10.0 Å². The maximum atomic E-state index is 14.1. The number of hydrogen-bond acceptors (Lipinski definition) is 4. The van der Waals surface area contributed by atoms with E-state index in [4.69, 9.17) is 23.2 Å². The number of fused-ring (bicyclic) bond motifs is 2. The topological polar surface area (TPSA) is 95.6 Å². The molecule has 1 saturated carbocycles. The lowest BCUT2D eigenvalue weighted by Crippen LogP contribution is -2.48. The van der Waals surface area contributed by atoms with Gasteiger partial charge in [-0.25, -0.2) is 8.42 Å². The molecule has 0 aromatic heterocycles. The Morgan fingerprint density at radius 3 is 2.41 bits per heavy atom. The third-order valence-electron chi connectivity index (χ3n) is 7.91. The van der Waals surface area contributed by atoms with Crippen LogP contribution < -0.4 is 14.9 Å². The van der Waals surface area contributed by atoms with Gasteiger partial charge in [0, 0.05) is 24.1 Å². The average molecular weight is 621 g/mol. The van der Waals surface area contributed by atoms with Crippen molar-refractivity contribution < 1.29 is 18.0 Å². The molecule has 222 valence electrons. The first-order chi connectivity index (χ1) is 19.6. The number of rotatable bonds is 4. The molecule has 0 saturated heterocycles. The van der Waals surface area contributed by atoms with Crippen molar-refractivity contribution in [3.05, 3.63) is 70.2 Å². The second-order valence-electron chi connectivity index (χ2n) is 11.4. The predicted octanol–water partition coefficient (Wildman–Crippen LogP) is 6.61. The number of benzene rings is 2. The smallest absolute Gasteiger partial charge is 0.266 e. The van der Waals surface area contributed by atoms with Crippen molar-refractivity contribution in [3.8, 4) is 0 Å². The van der Waals surface area contributed by atoms with Gasteiger partial charge in [-0.3, -0.25) is 13.9 Å². The first kappa shape index (κ1) is 31.4. The van der Waals surface area contributed by atoms with E-state index in [9.17, 15) is 18.0 Å². The van der Waals surface area contributed by atoms with Crippen molar-refractivity contribution >= 4 is 50.7 Å². The molecule has 10 heteroatoms. The van der Waals surface area contributed by atoms with E-state index in [1.54, 1.807) is 30.3 Å². The molecule has 4 rings (SSSR count). The zero-order valence-corrected chi connectivity index (χ0v) is 25.9. The van der Waals surface area contributed by atoms with Crippen molar-refractivity contribution in [2.45, 2.75) is 69.7 Å². The largest absolute Gasteiger partial charge is 0.354 e. The Hall–Kier alpha value is -2.55. The SMILES string of the molecule is CC(C)CC1CC/C=C/CN(c2ccccc2Cl)S(=O)(=O)c2cc(ccc2Cl)C(=O)NC(C2CCCC2)CNC1=O. The van der Waals surface area contributed by atoms with Gasteiger partial charge in [-0.15, -0.1) is 0 Å². The van der Waals surface area contributed by atoms with Gasteiger partial charge in [-0.2, -0.15) is 0 Å². The maximum absolute atomic E-state index is 14.1. The summed E-state index contributed by atoms with van der Waals surface area (Å²) >= 11 is 12.9. The monoisotopic (exact) mass is 619 g/mol. The van der Waals surface area contributed by atoms with E-state index >= 15 is 0 Å². The highest BCUT2D eigenvalue weighted by Gasteiger charge is 2.31. The predicted molar refractivity (Wildman–Crippen MR) is 165 cm³/mol. The summed E-state index contributed by atoms with van der Waals surface area (Å²) in [7, 11) is -4.21. The molecule has 2 atom stereocenters. The molecule has 1 aliphatic heterocycles. The van der Waals surface area contributed by atoms with E-state index in [0.29, 0.717) is 31.0 Å². The van der Waals surface area contributed by atoms with Gasteiger partial charge in [0.05, 0.1) is 22.3 Å². The van der Waals surface area contributed by atoms with Crippen LogP contribution in [0.1, 0.15) is 69.2 Å². The first-order valence-electron chi connectivity index (χ1n) is 14.4. The third-order valence-corrected chi connectivity index (χ3v) is 10.5. The van der Waals surface area contributed by atoms with E-state index in [2.05, 4.69) is 24.5 Å². The fourth-order valence-corrected chi connectivity index (χ4v) is 7.98. The second kappa shape index (κ2) is 14.1. The molecular formula is C31H39Cl2N3O4S. The highest BCUT2D eigenvalue weighted by molar-refractivity contribution is 7.93. The van der Waals surface area contributed by atoms with Gasteiger partial charge in [0.15, 0.2) is 0 Å². The molecule has 1 heterocycles. The van der Waals surface area contributed by atoms with Gasteiger partial charge in [0.2, 0.25) is 5.91 Å². The molecule has 2 aromatic carbocycles. The van der Waals surface area contributed by atoms with Crippen molar-refractivity contribution in [3.63, 3.8) is 0 Å². The van der Waals surface area contributed by atoms with Crippen LogP contribution in [0.5, 0.6) is 0 Å². The van der Waals surface area contributed by atoms with Gasteiger partial charge in [0.1, 0.15) is 4.90 Å². The summed E-state index contributed by atoms with van der Waals surface area (Å²) in [5.74, 6) is -0.0307. The summed E-state index contributed by atoms with van der Waals surface area (Å²) in [4.78, 5) is 26.6. The van der Waals surface area contributed by atoms with Crippen LogP contribution in [0.3, 0.4) is 0 Å². The van der Waals surface area contributed by atoms with Gasteiger partial charge < -0.3 is 10.6 Å². The quantitative estimate of drug-likeness (QED) is 0.377. The Balaban J connectivity index is 1.76. The average Bonchev–Trinajstić information content (AvgIpc) is 3.47. The fraction of sp³-hybridized carbons (Fsp3) is 0.484.